The van der Waals surface area contributed by atoms with E-state index in [2.05, 4.69) is 15.6 Å². The largest absolute Gasteiger partial charge is 0.383 e. The molecule has 1 aromatic heterocycles. The van der Waals surface area contributed by atoms with Crippen LogP contribution in [0.25, 0.3) is 0 Å². The maximum Gasteiger partial charge on any atom is 0.227 e. The first-order valence-corrected chi connectivity index (χ1v) is 6.42. The van der Waals surface area contributed by atoms with Crippen LogP contribution in [-0.4, -0.2) is 42.8 Å². The normalized spacial score (nSPS) is 11.6. The number of rotatable bonds is 8. The van der Waals surface area contributed by atoms with Gasteiger partial charge in [0.2, 0.25) is 5.91 Å². The minimum absolute atomic E-state index is 0.0273. The van der Waals surface area contributed by atoms with Crippen molar-refractivity contribution in [1.82, 2.24) is 20.2 Å². The lowest BCUT2D eigenvalue weighted by Gasteiger charge is -2.24. The van der Waals surface area contributed by atoms with E-state index in [0.29, 0.717) is 19.7 Å². The third-order valence-electron chi connectivity index (χ3n) is 2.99. The summed E-state index contributed by atoms with van der Waals surface area (Å²) in [6.45, 7) is 6.64. The molecule has 0 aliphatic heterocycles. The molecule has 0 aliphatic carbocycles. The Morgan fingerprint density at radius 1 is 1.53 bits per heavy atom. The molecule has 2 N–H and O–H groups in total. The van der Waals surface area contributed by atoms with Crippen LogP contribution in [0.1, 0.15) is 19.5 Å². The third kappa shape index (κ3) is 4.65. The molecule has 0 saturated carbocycles. The predicted octanol–water partition coefficient (Wildman–Crippen LogP) is 0.391. The van der Waals surface area contributed by atoms with E-state index in [1.165, 1.54) is 0 Å². The average molecular weight is 268 g/mol. The van der Waals surface area contributed by atoms with Gasteiger partial charge < -0.3 is 19.9 Å². The zero-order valence-corrected chi connectivity index (χ0v) is 12.2. The molecular weight excluding hydrogens is 244 g/mol. The van der Waals surface area contributed by atoms with Crippen molar-refractivity contribution in [1.29, 1.82) is 0 Å². The van der Waals surface area contributed by atoms with Crippen LogP contribution >= 0.6 is 0 Å². The lowest BCUT2D eigenvalue weighted by atomic mass is 9.92. The van der Waals surface area contributed by atoms with E-state index in [1.807, 2.05) is 24.6 Å². The number of nitrogens with one attached hydrogen (secondary N) is 2. The fourth-order valence-corrected chi connectivity index (χ4v) is 1.86. The molecule has 108 valence electrons. The third-order valence-corrected chi connectivity index (χ3v) is 2.99. The molecule has 0 atom stereocenters. The van der Waals surface area contributed by atoms with Crippen molar-refractivity contribution in [2.45, 2.75) is 26.9 Å². The van der Waals surface area contributed by atoms with E-state index in [4.69, 9.17) is 4.74 Å². The highest BCUT2D eigenvalue weighted by atomic mass is 16.5. The number of aromatic nitrogens is 2. The molecule has 1 heterocycles. The van der Waals surface area contributed by atoms with Gasteiger partial charge >= 0.3 is 0 Å². The number of amides is 1. The number of methoxy groups -OCH3 is 1. The van der Waals surface area contributed by atoms with Crippen molar-refractivity contribution >= 4 is 5.91 Å². The Morgan fingerprint density at radius 2 is 2.26 bits per heavy atom. The van der Waals surface area contributed by atoms with E-state index < -0.39 is 5.41 Å². The number of hydrogen-bond donors (Lipinski definition) is 2. The van der Waals surface area contributed by atoms with Crippen LogP contribution in [0.2, 0.25) is 0 Å². The molecule has 0 spiro atoms. The highest BCUT2D eigenvalue weighted by Gasteiger charge is 2.27. The van der Waals surface area contributed by atoms with Gasteiger partial charge in [-0.05, 0) is 13.8 Å². The molecule has 1 rings (SSSR count). The number of hydrogen-bond acceptors (Lipinski definition) is 4. The van der Waals surface area contributed by atoms with Crippen LogP contribution in [0.4, 0.5) is 0 Å². The summed E-state index contributed by atoms with van der Waals surface area (Å²) >= 11 is 0. The Labute approximate surface area is 114 Å². The number of imidazole rings is 1. The van der Waals surface area contributed by atoms with Crippen molar-refractivity contribution in [3.8, 4) is 0 Å². The van der Waals surface area contributed by atoms with E-state index in [9.17, 15) is 4.79 Å². The van der Waals surface area contributed by atoms with Gasteiger partial charge in [0.25, 0.3) is 0 Å². The molecule has 0 aliphatic rings. The molecule has 0 saturated heterocycles. The van der Waals surface area contributed by atoms with E-state index >= 15 is 0 Å². The van der Waals surface area contributed by atoms with Crippen LogP contribution in [0.15, 0.2) is 12.5 Å². The van der Waals surface area contributed by atoms with Crippen LogP contribution < -0.4 is 10.6 Å². The summed E-state index contributed by atoms with van der Waals surface area (Å²) < 4.78 is 6.99. The average Bonchev–Trinajstić information content (AvgIpc) is 2.80. The lowest BCUT2D eigenvalue weighted by molar-refractivity contribution is -0.129. The zero-order valence-electron chi connectivity index (χ0n) is 12.2. The smallest absolute Gasteiger partial charge is 0.227 e. The minimum atomic E-state index is -0.462. The second kappa shape index (κ2) is 7.25. The van der Waals surface area contributed by atoms with Gasteiger partial charge in [-0.3, -0.25) is 4.79 Å². The van der Waals surface area contributed by atoms with E-state index in [0.717, 1.165) is 12.2 Å². The van der Waals surface area contributed by atoms with Gasteiger partial charge in [-0.25, -0.2) is 4.98 Å². The first-order valence-electron chi connectivity index (χ1n) is 6.42. The number of nitrogens with zero attached hydrogens (tertiary/aromatic N) is 2. The summed E-state index contributed by atoms with van der Waals surface area (Å²) in [6, 6.07) is 0. The molecule has 6 heteroatoms. The molecule has 0 radical (unpaired) electrons. The number of carbonyl (C=O) groups excluding carboxylic acids is 1. The summed E-state index contributed by atoms with van der Waals surface area (Å²) in [4.78, 5) is 15.9. The summed E-state index contributed by atoms with van der Waals surface area (Å²) in [5.41, 5.74) is 0.601. The molecule has 1 amide bonds. The van der Waals surface area contributed by atoms with Crippen molar-refractivity contribution in [2.24, 2.45) is 5.41 Å². The Hall–Kier alpha value is -1.40. The molecule has 0 bridgehead atoms. The highest BCUT2D eigenvalue weighted by molar-refractivity contribution is 5.81. The standard InChI is InChI=1S/C13H24N4O2/c1-13(2,12(18)14-3)9-17-10-16-8-11(17)7-15-5-6-19-4/h8,10,15H,5-7,9H2,1-4H3,(H,14,18). The Bertz CT molecular complexity index is 401. The van der Waals surface area contributed by atoms with Crippen LogP contribution in [0.5, 0.6) is 0 Å². The van der Waals surface area contributed by atoms with E-state index in [1.54, 1.807) is 20.5 Å². The van der Waals surface area contributed by atoms with Gasteiger partial charge in [0.15, 0.2) is 0 Å². The van der Waals surface area contributed by atoms with Gasteiger partial charge in [0, 0.05) is 40.0 Å². The molecular formula is C13H24N4O2. The molecule has 0 aromatic carbocycles. The van der Waals surface area contributed by atoms with Gasteiger partial charge in [0.1, 0.15) is 0 Å². The fraction of sp³-hybridized carbons (Fsp3) is 0.692. The van der Waals surface area contributed by atoms with Crippen LogP contribution in [0, 0.1) is 5.41 Å². The van der Waals surface area contributed by atoms with Gasteiger partial charge in [-0.1, -0.05) is 0 Å². The van der Waals surface area contributed by atoms with Gasteiger partial charge in [0.05, 0.1) is 24.0 Å². The summed E-state index contributed by atoms with van der Waals surface area (Å²) in [5, 5.41) is 5.96. The molecule has 1 aromatic rings. The first kappa shape index (κ1) is 15.7. The van der Waals surface area contributed by atoms with Crippen molar-refractivity contribution < 1.29 is 9.53 Å². The Kier molecular flexibility index (Phi) is 5.98. The second-order valence-electron chi connectivity index (χ2n) is 5.15. The SMILES string of the molecule is CNC(=O)C(C)(C)Cn1cncc1CNCCOC. The predicted molar refractivity (Wildman–Crippen MR) is 73.7 cm³/mol. The molecule has 19 heavy (non-hydrogen) atoms. The maximum absolute atomic E-state index is 11.8. The van der Waals surface area contributed by atoms with Gasteiger partial charge in [-0.15, -0.1) is 0 Å². The number of ether oxygens (including phenoxy) is 1. The first-order chi connectivity index (χ1) is 9.01. The molecule has 0 unspecified atom stereocenters. The second-order valence-corrected chi connectivity index (χ2v) is 5.15. The summed E-state index contributed by atoms with van der Waals surface area (Å²) in [7, 11) is 3.34. The summed E-state index contributed by atoms with van der Waals surface area (Å²) in [6.07, 6.45) is 3.58. The zero-order chi connectivity index (χ0) is 14.3. The minimum Gasteiger partial charge on any atom is -0.383 e. The lowest BCUT2D eigenvalue weighted by Crippen LogP contribution is -2.38. The Morgan fingerprint density at radius 3 is 2.89 bits per heavy atom. The summed E-state index contributed by atoms with van der Waals surface area (Å²) in [5.74, 6) is 0.0273. The Balaban J connectivity index is 2.59. The molecule has 6 nitrogen and oxygen atoms in total. The molecule has 0 fully saturated rings. The topological polar surface area (TPSA) is 68.2 Å². The van der Waals surface area contributed by atoms with Crippen LogP contribution in [-0.2, 0) is 22.6 Å². The monoisotopic (exact) mass is 268 g/mol. The van der Waals surface area contributed by atoms with Crippen molar-refractivity contribution in [3.63, 3.8) is 0 Å². The van der Waals surface area contributed by atoms with Gasteiger partial charge in [-0.2, -0.15) is 0 Å². The number of carbonyl (C=O) groups is 1. The fourth-order valence-electron chi connectivity index (χ4n) is 1.86. The van der Waals surface area contributed by atoms with Crippen molar-refractivity contribution in [2.75, 3.05) is 27.3 Å². The van der Waals surface area contributed by atoms with Crippen LogP contribution in [0.3, 0.4) is 0 Å². The van der Waals surface area contributed by atoms with E-state index in [-0.39, 0.29) is 5.91 Å². The van der Waals surface area contributed by atoms with Crippen molar-refractivity contribution in [3.05, 3.63) is 18.2 Å². The maximum atomic E-state index is 11.8. The highest BCUT2D eigenvalue weighted by Crippen LogP contribution is 2.19. The quantitative estimate of drug-likeness (QED) is 0.669.